The average molecular weight is 285 g/mol. The number of aliphatic hydroxyl groups is 1. The van der Waals surface area contributed by atoms with Gasteiger partial charge in [0.1, 0.15) is 0 Å². The van der Waals surface area contributed by atoms with E-state index in [0.717, 1.165) is 12.1 Å². The lowest BCUT2D eigenvalue weighted by Gasteiger charge is -2.33. The van der Waals surface area contributed by atoms with Crippen molar-refractivity contribution in [3.8, 4) is 5.69 Å². The minimum atomic E-state index is -0.445. The smallest absolute Gasteiger partial charge is 0.274 e. The van der Waals surface area contributed by atoms with E-state index in [0.29, 0.717) is 18.8 Å². The van der Waals surface area contributed by atoms with Crippen molar-refractivity contribution >= 4 is 5.91 Å². The van der Waals surface area contributed by atoms with Crippen molar-refractivity contribution in [3.63, 3.8) is 0 Å². The molecule has 1 aliphatic heterocycles. The maximum atomic E-state index is 12.4. The van der Waals surface area contributed by atoms with Gasteiger partial charge in [-0.2, -0.15) is 5.10 Å². The Morgan fingerprint density at radius 3 is 2.76 bits per heavy atom. The lowest BCUT2D eigenvalue weighted by atomic mass is 9.96. The molecule has 0 saturated carbocycles. The molecule has 0 radical (unpaired) electrons. The zero-order valence-corrected chi connectivity index (χ0v) is 12.0. The van der Waals surface area contributed by atoms with Crippen molar-refractivity contribution in [2.24, 2.45) is 5.92 Å². The van der Waals surface area contributed by atoms with Crippen molar-refractivity contribution in [2.75, 3.05) is 13.1 Å². The lowest BCUT2D eigenvalue weighted by Crippen LogP contribution is -2.45. The molecular formula is C16H19N3O2. The fourth-order valence-corrected chi connectivity index (χ4v) is 2.56. The second-order valence-electron chi connectivity index (χ2n) is 5.57. The summed E-state index contributed by atoms with van der Waals surface area (Å²) >= 11 is 0. The van der Waals surface area contributed by atoms with Crippen LogP contribution in [0.4, 0.5) is 0 Å². The van der Waals surface area contributed by atoms with Gasteiger partial charge in [0.05, 0.1) is 11.8 Å². The molecule has 110 valence electrons. The standard InChI is InChI=1S/C16H19N3O2/c1-12-7-9-18(11-15(12)20)16(21)14-8-10-19(17-14)13-5-3-2-4-6-13/h2-6,8,10,12,15,20H,7,9,11H2,1H3. The van der Waals surface area contributed by atoms with E-state index in [4.69, 9.17) is 0 Å². The number of aromatic nitrogens is 2. The number of carbonyl (C=O) groups is 1. The average Bonchev–Trinajstić information content (AvgIpc) is 3.00. The molecule has 3 rings (SSSR count). The molecule has 2 heterocycles. The number of β-amino-alcohol motifs (C(OH)–C–C–N with tert-alkyl or cyclic N) is 1. The second kappa shape index (κ2) is 5.69. The first-order chi connectivity index (χ1) is 10.1. The zero-order chi connectivity index (χ0) is 14.8. The summed E-state index contributed by atoms with van der Waals surface area (Å²) in [5.74, 6) is 0.131. The molecule has 1 aliphatic rings. The molecule has 21 heavy (non-hydrogen) atoms. The van der Waals surface area contributed by atoms with E-state index in [9.17, 15) is 9.90 Å². The van der Waals surface area contributed by atoms with E-state index in [-0.39, 0.29) is 11.8 Å². The highest BCUT2D eigenvalue weighted by atomic mass is 16.3. The minimum absolute atomic E-state index is 0.115. The molecule has 1 amide bonds. The summed E-state index contributed by atoms with van der Waals surface area (Å²) in [7, 11) is 0. The Morgan fingerprint density at radius 1 is 1.29 bits per heavy atom. The second-order valence-corrected chi connectivity index (χ2v) is 5.57. The van der Waals surface area contributed by atoms with E-state index in [2.05, 4.69) is 5.10 Å². The summed E-state index contributed by atoms with van der Waals surface area (Å²) < 4.78 is 1.69. The van der Waals surface area contributed by atoms with Gasteiger partial charge in [-0.3, -0.25) is 4.79 Å². The first kappa shape index (κ1) is 13.8. The quantitative estimate of drug-likeness (QED) is 0.914. The highest BCUT2D eigenvalue weighted by molar-refractivity contribution is 5.92. The van der Waals surface area contributed by atoms with Crippen LogP contribution < -0.4 is 0 Å². The molecule has 5 nitrogen and oxygen atoms in total. The van der Waals surface area contributed by atoms with Crippen LogP contribution in [0.2, 0.25) is 0 Å². The van der Waals surface area contributed by atoms with Crippen LogP contribution in [0.25, 0.3) is 5.69 Å². The normalized spacial score (nSPS) is 22.3. The molecule has 1 saturated heterocycles. The summed E-state index contributed by atoms with van der Waals surface area (Å²) in [4.78, 5) is 14.1. The number of hydrogen-bond donors (Lipinski definition) is 1. The number of aliphatic hydroxyl groups excluding tert-OH is 1. The first-order valence-electron chi connectivity index (χ1n) is 7.23. The molecule has 2 unspecified atom stereocenters. The number of para-hydroxylation sites is 1. The van der Waals surface area contributed by atoms with Crippen molar-refractivity contribution in [1.82, 2.24) is 14.7 Å². The van der Waals surface area contributed by atoms with Crippen LogP contribution in [0, 0.1) is 5.92 Å². The summed E-state index contributed by atoms with van der Waals surface area (Å²) in [5.41, 5.74) is 1.34. The third-order valence-electron chi connectivity index (χ3n) is 4.03. The van der Waals surface area contributed by atoms with Crippen molar-refractivity contribution < 1.29 is 9.90 Å². The molecule has 2 aromatic rings. The highest BCUT2D eigenvalue weighted by Gasteiger charge is 2.28. The fourth-order valence-electron chi connectivity index (χ4n) is 2.56. The number of rotatable bonds is 2. The zero-order valence-electron chi connectivity index (χ0n) is 12.0. The molecule has 1 fully saturated rings. The third kappa shape index (κ3) is 2.83. The topological polar surface area (TPSA) is 58.4 Å². The Kier molecular flexibility index (Phi) is 3.75. The van der Waals surface area contributed by atoms with Crippen LogP contribution in [-0.4, -0.2) is 44.9 Å². The molecule has 0 spiro atoms. The van der Waals surface area contributed by atoms with Crippen LogP contribution in [-0.2, 0) is 0 Å². The van der Waals surface area contributed by atoms with E-state index in [1.165, 1.54) is 0 Å². The van der Waals surface area contributed by atoms with Gasteiger partial charge in [-0.1, -0.05) is 25.1 Å². The van der Waals surface area contributed by atoms with Crippen LogP contribution in [0.1, 0.15) is 23.8 Å². The van der Waals surface area contributed by atoms with Gasteiger partial charge in [-0.25, -0.2) is 4.68 Å². The summed E-state index contributed by atoms with van der Waals surface area (Å²) in [6.07, 6.45) is 2.16. The van der Waals surface area contributed by atoms with E-state index >= 15 is 0 Å². The molecule has 2 atom stereocenters. The minimum Gasteiger partial charge on any atom is -0.391 e. The molecule has 1 aromatic carbocycles. The number of benzene rings is 1. The van der Waals surface area contributed by atoms with E-state index < -0.39 is 6.10 Å². The predicted octanol–water partition coefficient (Wildman–Crippen LogP) is 1.72. The van der Waals surface area contributed by atoms with Gasteiger partial charge in [-0.15, -0.1) is 0 Å². The Balaban J connectivity index is 1.76. The Bertz CT molecular complexity index is 623. The third-order valence-corrected chi connectivity index (χ3v) is 4.03. The number of likely N-dealkylation sites (tertiary alicyclic amines) is 1. The predicted molar refractivity (Wildman–Crippen MR) is 79.3 cm³/mol. The van der Waals surface area contributed by atoms with Gasteiger partial charge >= 0.3 is 0 Å². The van der Waals surface area contributed by atoms with Gasteiger partial charge in [0.15, 0.2) is 5.69 Å². The molecular weight excluding hydrogens is 266 g/mol. The number of amides is 1. The van der Waals surface area contributed by atoms with E-state index in [1.54, 1.807) is 21.8 Å². The number of piperidine rings is 1. The van der Waals surface area contributed by atoms with Gasteiger partial charge in [0.2, 0.25) is 0 Å². The van der Waals surface area contributed by atoms with Crippen LogP contribution >= 0.6 is 0 Å². The van der Waals surface area contributed by atoms with Gasteiger partial charge in [0.25, 0.3) is 5.91 Å². The summed E-state index contributed by atoms with van der Waals surface area (Å²) in [6, 6.07) is 11.4. The van der Waals surface area contributed by atoms with Crippen LogP contribution in [0.5, 0.6) is 0 Å². The molecule has 1 N–H and O–H groups in total. The first-order valence-corrected chi connectivity index (χ1v) is 7.23. The molecule has 5 heteroatoms. The van der Waals surface area contributed by atoms with Crippen molar-refractivity contribution in [1.29, 1.82) is 0 Å². The van der Waals surface area contributed by atoms with Crippen molar-refractivity contribution in [3.05, 3.63) is 48.3 Å². The molecule has 0 aliphatic carbocycles. The number of hydrogen-bond acceptors (Lipinski definition) is 3. The van der Waals surface area contributed by atoms with E-state index in [1.807, 2.05) is 37.3 Å². The van der Waals surface area contributed by atoms with Crippen LogP contribution in [0.15, 0.2) is 42.6 Å². The largest absolute Gasteiger partial charge is 0.391 e. The summed E-state index contributed by atoms with van der Waals surface area (Å²) in [5, 5.41) is 14.3. The van der Waals surface area contributed by atoms with Crippen molar-refractivity contribution in [2.45, 2.75) is 19.4 Å². The van der Waals surface area contributed by atoms with Gasteiger partial charge < -0.3 is 10.0 Å². The molecule has 1 aromatic heterocycles. The number of carbonyl (C=O) groups excluding carboxylic acids is 1. The Labute approximate surface area is 123 Å². The molecule has 0 bridgehead atoms. The maximum Gasteiger partial charge on any atom is 0.274 e. The maximum absolute atomic E-state index is 12.4. The van der Waals surface area contributed by atoms with Gasteiger partial charge in [0, 0.05) is 19.3 Å². The van der Waals surface area contributed by atoms with Gasteiger partial charge in [-0.05, 0) is 30.5 Å². The number of nitrogens with zero attached hydrogens (tertiary/aromatic N) is 3. The lowest BCUT2D eigenvalue weighted by molar-refractivity contribution is 0.0245. The Morgan fingerprint density at radius 2 is 2.05 bits per heavy atom. The van der Waals surface area contributed by atoms with Crippen LogP contribution in [0.3, 0.4) is 0 Å². The fraction of sp³-hybridized carbons (Fsp3) is 0.375. The SMILES string of the molecule is CC1CCN(C(=O)c2ccn(-c3ccccc3)n2)CC1O. The summed E-state index contributed by atoms with van der Waals surface area (Å²) in [6.45, 7) is 3.07. The Hall–Kier alpha value is -2.14. The highest BCUT2D eigenvalue weighted by Crippen LogP contribution is 2.18. The monoisotopic (exact) mass is 285 g/mol.